The third kappa shape index (κ3) is 5.43. The van der Waals surface area contributed by atoms with Crippen molar-refractivity contribution in [2.45, 2.75) is 25.3 Å². The standard InChI is InChI=1S/C23H26F3N5O3S/c24-23(25,26)13-30-3-1-14(2-4-30)21-33-18-10-15(20(27)32)9-17(19(18)34-21)16-11-28-22(29-12-16)31-5-7-35-8-6-31/h9-12,14,21H,1-8,13H2,(H2,27,32). The van der Waals surface area contributed by atoms with Crippen LogP contribution >= 0.6 is 11.8 Å². The largest absolute Gasteiger partial charge is 0.451 e. The van der Waals surface area contributed by atoms with Crippen LogP contribution in [-0.2, 0) is 0 Å². The van der Waals surface area contributed by atoms with Gasteiger partial charge in [-0.15, -0.1) is 0 Å². The van der Waals surface area contributed by atoms with Crippen molar-refractivity contribution in [1.82, 2.24) is 14.9 Å². The summed E-state index contributed by atoms with van der Waals surface area (Å²) in [5.74, 6) is 2.87. The van der Waals surface area contributed by atoms with E-state index in [0.29, 0.717) is 54.5 Å². The molecule has 0 saturated carbocycles. The van der Waals surface area contributed by atoms with Gasteiger partial charge in [-0.3, -0.25) is 9.69 Å². The molecule has 4 heterocycles. The van der Waals surface area contributed by atoms with Crippen molar-refractivity contribution in [3.05, 3.63) is 30.1 Å². The fourth-order valence-corrected chi connectivity index (χ4v) is 5.55. The van der Waals surface area contributed by atoms with Crippen LogP contribution in [0.4, 0.5) is 19.1 Å². The van der Waals surface area contributed by atoms with Gasteiger partial charge in [-0.25, -0.2) is 9.97 Å². The number of carbonyl (C=O) groups is 1. The van der Waals surface area contributed by atoms with Gasteiger partial charge in [0.2, 0.25) is 18.1 Å². The number of halogens is 3. The summed E-state index contributed by atoms with van der Waals surface area (Å²) in [6, 6.07) is 3.18. The molecule has 1 aromatic heterocycles. The molecule has 8 nitrogen and oxygen atoms in total. The van der Waals surface area contributed by atoms with Crippen LogP contribution in [0.15, 0.2) is 24.5 Å². The van der Waals surface area contributed by atoms with Crippen molar-refractivity contribution in [3.8, 4) is 22.6 Å². The van der Waals surface area contributed by atoms with E-state index in [1.54, 1.807) is 24.5 Å². The van der Waals surface area contributed by atoms with Crippen molar-refractivity contribution >= 4 is 23.6 Å². The van der Waals surface area contributed by atoms with Crippen LogP contribution in [0.1, 0.15) is 23.2 Å². The summed E-state index contributed by atoms with van der Waals surface area (Å²) in [6.45, 7) is 1.49. The minimum Gasteiger partial charge on any atom is -0.451 e. The number of hydrogen-bond acceptors (Lipinski definition) is 8. The smallest absolute Gasteiger partial charge is 0.401 e. The average molecular weight is 510 g/mol. The number of nitrogens with two attached hydrogens (primary N) is 1. The molecule has 0 radical (unpaired) electrons. The maximum atomic E-state index is 12.7. The van der Waals surface area contributed by atoms with Crippen LogP contribution in [-0.4, -0.2) is 77.5 Å². The van der Waals surface area contributed by atoms with Crippen molar-refractivity contribution in [2.24, 2.45) is 11.7 Å². The van der Waals surface area contributed by atoms with Gasteiger partial charge < -0.3 is 20.1 Å². The first-order valence-corrected chi connectivity index (χ1v) is 12.7. The molecule has 3 aliphatic heterocycles. The van der Waals surface area contributed by atoms with E-state index in [0.717, 1.165) is 24.6 Å². The number of likely N-dealkylation sites (tertiary alicyclic amines) is 1. The number of fused-ring (bicyclic) bond motifs is 1. The monoisotopic (exact) mass is 509 g/mol. The molecule has 1 unspecified atom stereocenters. The van der Waals surface area contributed by atoms with Gasteiger partial charge >= 0.3 is 6.18 Å². The van der Waals surface area contributed by atoms with Crippen LogP contribution in [0.5, 0.6) is 11.5 Å². The number of hydrogen-bond donors (Lipinski definition) is 1. The molecule has 2 saturated heterocycles. The Bertz CT molecular complexity index is 1070. The zero-order chi connectivity index (χ0) is 24.6. The van der Waals surface area contributed by atoms with Gasteiger partial charge in [0.1, 0.15) is 0 Å². The number of benzene rings is 1. The normalized spacial score (nSPS) is 21.3. The molecular weight excluding hydrogens is 483 g/mol. The van der Waals surface area contributed by atoms with Crippen LogP contribution < -0.4 is 20.1 Å². The lowest BCUT2D eigenvalue weighted by atomic mass is 9.96. The van der Waals surface area contributed by atoms with Gasteiger partial charge in [0, 0.05) is 59.6 Å². The molecule has 5 rings (SSSR count). The average Bonchev–Trinajstić information content (AvgIpc) is 3.28. The van der Waals surface area contributed by atoms with Gasteiger partial charge in [-0.2, -0.15) is 24.9 Å². The molecule has 1 atom stereocenters. The molecule has 0 aliphatic carbocycles. The molecule has 188 valence electrons. The molecule has 1 amide bonds. The van der Waals surface area contributed by atoms with E-state index >= 15 is 0 Å². The molecule has 0 bridgehead atoms. The minimum absolute atomic E-state index is 0.0765. The zero-order valence-corrected chi connectivity index (χ0v) is 19.8. The summed E-state index contributed by atoms with van der Waals surface area (Å²) in [5.41, 5.74) is 7.06. The van der Waals surface area contributed by atoms with Crippen molar-refractivity contribution in [2.75, 3.05) is 49.1 Å². The number of nitrogens with zero attached hydrogens (tertiary/aromatic N) is 4. The van der Waals surface area contributed by atoms with Crippen molar-refractivity contribution in [3.63, 3.8) is 0 Å². The fraction of sp³-hybridized carbons (Fsp3) is 0.522. The summed E-state index contributed by atoms with van der Waals surface area (Å²) in [4.78, 5) is 24.5. The molecule has 12 heteroatoms. The second-order valence-corrected chi connectivity index (χ2v) is 10.1. The number of thioether (sulfide) groups is 1. The third-order valence-electron chi connectivity index (χ3n) is 6.48. The van der Waals surface area contributed by atoms with Gasteiger partial charge in [0.25, 0.3) is 0 Å². The fourth-order valence-electron chi connectivity index (χ4n) is 4.65. The van der Waals surface area contributed by atoms with E-state index in [2.05, 4.69) is 14.9 Å². The van der Waals surface area contributed by atoms with Gasteiger partial charge in [-0.1, -0.05) is 0 Å². The Balaban J connectivity index is 1.34. The van der Waals surface area contributed by atoms with E-state index in [-0.39, 0.29) is 11.5 Å². The van der Waals surface area contributed by atoms with E-state index < -0.39 is 24.9 Å². The lowest BCUT2D eigenvalue weighted by molar-refractivity contribution is -0.150. The Morgan fingerprint density at radius 3 is 2.40 bits per heavy atom. The maximum Gasteiger partial charge on any atom is 0.401 e. The Kier molecular flexibility index (Phi) is 6.67. The third-order valence-corrected chi connectivity index (χ3v) is 7.42. The maximum absolute atomic E-state index is 12.7. The highest BCUT2D eigenvalue weighted by Crippen LogP contribution is 2.46. The lowest BCUT2D eigenvalue weighted by Crippen LogP contribution is -2.43. The quantitative estimate of drug-likeness (QED) is 0.657. The number of ether oxygens (including phenoxy) is 2. The Labute approximate surface area is 205 Å². The number of anilines is 1. The second-order valence-electron chi connectivity index (χ2n) is 8.92. The van der Waals surface area contributed by atoms with Crippen LogP contribution in [0, 0.1) is 5.92 Å². The minimum atomic E-state index is -4.21. The number of alkyl halides is 3. The summed E-state index contributed by atoms with van der Waals surface area (Å²) in [6.07, 6.45) is -0.454. The van der Waals surface area contributed by atoms with E-state index in [4.69, 9.17) is 15.2 Å². The summed E-state index contributed by atoms with van der Waals surface area (Å²) < 4.78 is 50.3. The first kappa shape index (κ1) is 24.0. The predicted molar refractivity (Wildman–Crippen MR) is 126 cm³/mol. The van der Waals surface area contributed by atoms with Gasteiger partial charge in [-0.05, 0) is 38.1 Å². The highest BCUT2D eigenvalue weighted by Gasteiger charge is 2.39. The topological polar surface area (TPSA) is 93.8 Å². The number of amides is 1. The first-order chi connectivity index (χ1) is 16.8. The van der Waals surface area contributed by atoms with Crippen LogP contribution in [0.25, 0.3) is 11.1 Å². The Morgan fingerprint density at radius 1 is 1.09 bits per heavy atom. The molecule has 35 heavy (non-hydrogen) atoms. The molecule has 2 N–H and O–H groups in total. The number of carbonyl (C=O) groups excluding carboxylic acids is 1. The van der Waals surface area contributed by atoms with E-state index in [1.807, 2.05) is 11.8 Å². The second kappa shape index (κ2) is 9.73. The van der Waals surface area contributed by atoms with Crippen molar-refractivity contribution in [1.29, 1.82) is 0 Å². The van der Waals surface area contributed by atoms with Crippen LogP contribution in [0.3, 0.4) is 0 Å². The SMILES string of the molecule is NC(=O)c1cc2c(c(-c3cnc(N4CCSCC4)nc3)c1)OC(C1CCN(CC(F)(F)F)CC1)O2. The number of primary amides is 1. The lowest BCUT2D eigenvalue weighted by Gasteiger charge is -2.33. The van der Waals surface area contributed by atoms with Gasteiger partial charge in [0.05, 0.1) is 6.54 Å². The van der Waals surface area contributed by atoms with Crippen molar-refractivity contribution < 1.29 is 27.4 Å². The Hall–Kier alpha value is -2.73. The molecule has 2 fully saturated rings. The molecule has 0 spiro atoms. The molecule has 1 aromatic carbocycles. The highest BCUT2D eigenvalue weighted by molar-refractivity contribution is 7.99. The zero-order valence-electron chi connectivity index (χ0n) is 19.0. The number of rotatable bonds is 5. The molecular formula is C23H26F3N5O3S. The number of aromatic nitrogens is 2. The van der Waals surface area contributed by atoms with Crippen LogP contribution in [0.2, 0.25) is 0 Å². The molecule has 2 aromatic rings. The Morgan fingerprint density at radius 2 is 1.77 bits per heavy atom. The summed E-state index contributed by atoms with van der Waals surface area (Å²) in [5, 5.41) is 0. The van der Waals surface area contributed by atoms with E-state index in [9.17, 15) is 18.0 Å². The predicted octanol–water partition coefficient (Wildman–Crippen LogP) is 3.17. The van der Waals surface area contributed by atoms with Gasteiger partial charge in [0.15, 0.2) is 11.5 Å². The highest BCUT2D eigenvalue weighted by atomic mass is 32.2. The first-order valence-electron chi connectivity index (χ1n) is 11.5. The summed E-state index contributed by atoms with van der Waals surface area (Å²) >= 11 is 1.90. The summed E-state index contributed by atoms with van der Waals surface area (Å²) in [7, 11) is 0. The number of piperidine rings is 1. The van der Waals surface area contributed by atoms with E-state index in [1.165, 1.54) is 4.90 Å². The molecule has 3 aliphatic rings.